The molecule has 0 unspecified atom stereocenters. The van der Waals surface area contributed by atoms with Crippen molar-refractivity contribution in [3.63, 3.8) is 0 Å². The van der Waals surface area contributed by atoms with Crippen molar-refractivity contribution in [2.75, 3.05) is 5.32 Å². The second kappa shape index (κ2) is 5.79. The molecule has 1 aromatic heterocycles. The number of aromatic nitrogens is 3. The lowest BCUT2D eigenvalue weighted by atomic mass is 10.2. The van der Waals surface area contributed by atoms with Gasteiger partial charge in [0.2, 0.25) is 5.95 Å². The summed E-state index contributed by atoms with van der Waals surface area (Å²) in [5.74, 6) is -2.45. The number of halogens is 2. The van der Waals surface area contributed by atoms with Crippen LogP contribution in [0.25, 0.3) is 0 Å². The van der Waals surface area contributed by atoms with Crippen molar-refractivity contribution in [3.05, 3.63) is 35.7 Å². The van der Waals surface area contributed by atoms with Crippen LogP contribution < -0.4 is 5.32 Å². The molecule has 0 aliphatic carbocycles. The number of nitrogens with one attached hydrogen (secondary N) is 2. The van der Waals surface area contributed by atoms with Gasteiger partial charge in [-0.3, -0.25) is 15.2 Å². The van der Waals surface area contributed by atoms with Crippen LogP contribution in [-0.2, 0) is 0 Å². The van der Waals surface area contributed by atoms with E-state index in [0.717, 1.165) is 0 Å². The summed E-state index contributed by atoms with van der Waals surface area (Å²) >= 11 is 0.326. The predicted octanol–water partition coefficient (Wildman–Crippen LogP) is 2.68. The van der Waals surface area contributed by atoms with Gasteiger partial charge in [0.05, 0.1) is 5.56 Å². The average molecular weight is 284 g/mol. The summed E-state index contributed by atoms with van der Waals surface area (Å²) in [6.07, 6.45) is 0. The van der Waals surface area contributed by atoms with E-state index in [1.807, 2.05) is 0 Å². The van der Waals surface area contributed by atoms with Crippen LogP contribution in [0.2, 0.25) is 0 Å². The first kappa shape index (κ1) is 13.5. The van der Waals surface area contributed by atoms with Gasteiger partial charge in [-0.15, -0.1) is 5.10 Å². The lowest BCUT2D eigenvalue weighted by Gasteiger charge is -2.07. The number of carbonyl (C=O) groups excluding carboxylic acids is 1. The highest BCUT2D eigenvalue weighted by molar-refractivity contribution is 7.99. The SMILES string of the molecule is Cc1nc(NC(=O)c2ccccc2SC(F)F)n[nH]1. The number of carbonyl (C=O) groups is 1. The molecule has 2 rings (SSSR count). The number of benzene rings is 1. The van der Waals surface area contributed by atoms with Gasteiger partial charge in [-0.25, -0.2) is 0 Å². The number of H-pyrrole nitrogens is 1. The summed E-state index contributed by atoms with van der Waals surface area (Å²) < 4.78 is 24.8. The second-order valence-corrected chi connectivity index (χ2v) is 4.61. The molecule has 0 aliphatic heterocycles. The fourth-order valence-electron chi connectivity index (χ4n) is 1.42. The van der Waals surface area contributed by atoms with Crippen LogP contribution in [0.3, 0.4) is 0 Å². The normalized spacial score (nSPS) is 10.7. The molecule has 0 atom stereocenters. The van der Waals surface area contributed by atoms with Crippen molar-refractivity contribution in [1.82, 2.24) is 15.2 Å². The van der Waals surface area contributed by atoms with E-state index in [1.165, 1.54) is 12.1 Å². The van der Waals surface area contributed by atoms with Gasteiger partial charge >= 0.3 is 0 Å². The third kappa shape index (κ3) is 3.50. The zero-order valence-electron chi connectivity index (χ0n) is 9.85. The van der Waals surface area contributed by atoms with Crippen molar-refractivity contribution >= 4 is 23.6 Å². The predicted molar refractivity (Wildman–Crippen MR) is 67.4 cm³/mol. The second-order valence-electron chi connectivity index (χ2n) is 3.57. The molecule has 0 saturated heterocycles. The van der Waals surface area contributed by atoms with Gasteiger partial charge in [0.25, 0.3) is 11.7 Å². The molecule has 0 saturated carbocycles. The number of amides is 1. The highest BCUT2D eigenvalue weighted by Gasteiger charge is 2.16. The minimum atomic E-state index is -2.58. The molecule has 1 aromatic carbocycles. The molecular weight excluding hydrogens is 274 g/mol. The fourth-order valence-corrected chi connectivity index (χ4v) is 2.06. The van der Waals surface area contributed by atoms with Crippen molar-refractivity contribution in [3.8, 4) is 0 Å². The van der Waals surface area contributed by atoms with Gasteiger partial charge < -0.3 is 0 Å². The van der Waals surface area contributed by atoms with Crippen molar-refractivity contribution in [2.45, 2.75) is 17.6 Å². The Hall–Kier alpha value is -1.96. The molecule has 0 radical (unpaired) electrons. The minimum absolute atomic E-state index is 0.111. The average Bonchev–Trinajstić information content (AvgIpc) is 2.74. The van der Waals surface area contributed by atoms with Crippen LogP contribution in [0.5, 0.6) is 0 Å². The summed E-state index contributed by atoms with van der Waals surface area (Å²) in [6, 6.07) is 6.14. The van der Waals surface area contributed by atoms with Crippen molar-refractivity contribution < 1.29 is 13.6 Å². The summed E-state index contributed by atoms with van der Waals surface area (Å²) in [6.45, 7) is 1.68. The van der Waals surface area contributed by atoms with Crippen molar-refractivity contribution in [2.24, 2.45) is 0 Å². The number of anilines is 1. The molecule has 0 bridgehead atoms. The highest BCUT2D eigenvalue weighted by atomic mass is 32.2. The first-order chi connectivity index (χ1) is 9.06. The molecule has 5 nitrogen and oxygen atoms in total. The summed E-state index contributed by atoms with van der Waals surface area (Å²) in [5, 5.41) is 8.76. The fraction of sp³-hybridized carbons (Fsp3) is 0.182. The summed E-state index contributed by atoms with van der Waals surface area (Å²) in [4.78, 5) is 16.1. The number of alkyl halides is 2. The molecule has 100 valence electrons. The van der Waals surface area contributed by atoms with Gasteiger partial charge in [-0.1, -0.05) is 23.9 Å². The van der Waals surface area contributed by atoms with E-state index in [9.17, 15) is 13.6 Å². The molecule has 19 heavy (non-hydrogen) atoms. The van der Waals surface area contributed by atoms with Gasteiger partial charge in [-0.2, -0.15) is 13.8 Å². The number of thioether (sulfide) groups is 1. The number of hydrogen-bond acceptors (Lipinski definition) is 4. The van der Waals surface area contributed by atoms with E-state index in [2.05, 4.69) is 20.5 Å². The monoisotopic (exact) mass is 284 g/mol. The summed E-state index contributed by atoms with van der Waals surface area (Å²) in [7, 11) is 0. The smallest absolute Gasteiger partial charge is 0.288 e. The Balaban J connectivity index is 2.18. The summed E-state index contributed by atoms with van der Waals surface area (Å²) in [5.41, 5.74) is 0.162. The van der Waals surface area contributed by atoms with Crippen molar-refractivity contribution in [1.29, 1.82) is 0 Å². The largest absolute Gasteiger partial charge is 0.289 e. The van der Waals surface area contributed by atoms with Gasteiger partial charge in [-0.05, 0) is 19.1 Å². The Kier molecular flexibility index (Phi) is 4.10. The Morgan fingerprint density at radius 1 is 1.42 bits per heavy atom. The van der Waals surface area contributed by atoms with Crippen LogP contribution in [0.1, 0.15) is 16.2 Å². The first-order valence-electron chi connectivity index (χ1n) is 5.30. The standard InChI is InChI=1S/C11H10F2N4OS/c1-6-14-11(17-16-6)15-9(18)7-4-2-3-5-8(7)19-10(12)13/h2-5,10H,1H3,(H2,14,15,16,17,18). The number of hydrogen-bond donors (Lipinski definition) is 2. The molecule has 1 amide bonds. The van der Waals surface area contributed by atoms with Crippen LogP contribution in [0.15, 0.2) is 29.2 Å². The molecular formula is C11H10F2N4OS. The lowest BCUT2D eigenvalue weighted by Crippen LogP contribution is -2.14. The maximum Gasteiger partial charge on any atom is 0.288 e. The Morgan fingerprint density at radius 3 is 2.79 bits per heavy atom. The zero-order chi connectivity index (χ0) is 13.8. The number of nitrogens with zero attached hydrogens (tertiary/aromatic N) is 2. The molecule has 0 spiro atoms. The van der Waals surface area contributed by atoms with Crippen LogP contribution >= 0.6 is 11.8 Å². The highest BCUT2D eigenvalue weighted by Crippen LogP contribution is 2.28. The number of rotatable bonds is 4. The third-order valence-electron chi connectivity index (χ3n) is 2.17. The number of aryl methyl sites for hydroxylation is 1. The van der Waals surface area contributed by atoms with Crippen LogP contribution in [-0.4, -0.2) is 26.8 Å². The lowest BCUT2D eigenvalue weighted by molar-refractivity contribution is 0.102. The first-order valence-corrected chi connectivity index (χ1v) is 6.18. The van der Waals surface area contributed by atoms with E-state index in [-0.39, 0.29) is 16.4 Å². The Labute approximate surface area is 111 Å². The minimum Gasteiger partial charge on any atom is -0.289 e. The molecule has 2 N–H and O–H groups in total. The van der Waals surface area contributed by atoms with Gasteiger partial charge in [0.15, 0.2) is 0 Å². The molecule has 8 heteroatoms. The topological polar surface area (TPSA) is 70.7 Å². The molecule has 2 aromatic rings. The van der Waals surface area contributed by atoms with E-state index in [4.69, 9.17) is 0 Å². The maximum absolute atomic E-state index is 12.4. The zero-order valence-corrected chi connectivity index (χ0v) is 10.7. The van der Waals surface area contributed by atoms with E-state index in [0.29, 0.717) is 17.6 Å². The molecule has 1 heterocycles. The quantitative estimate of drug-likeness (QED) is 0.847. The molecule has 0 fully saturated rings. The van der Waals surface area contributed by atoms with E-state index >= 15 is 0 Å². The van der Waals surface area contributed by atoms with E-state index in [1.54, 1.807) is 19.1 Å². The third-order valence-corrected chi connectivity index (χ3v) is 2.96. The van der Waals surface area contributed by atoms with Crippen LogP contribution in [0, 0.1) is 6.92 Å². The Morgan fingerprint density at radius 2 is 2.16 bits per heavy atom. The van der Waals surface area contributed by atoms with Crippen LogP contribution in [0.4, 0.5) is 14.7 Å². The number of aromatic amines is 1. The maximum atomic E-state index is 12.4. The van der Waals surface area contributed by atoms with Gasteiger partial charge in [0, 0.05) is 4.90 Å². The Bertz CT molecular complexity index is 588. The van der Waals surface area contributed by atoms with Gasteiger partial charge in [0.1, 0.15) is 5.82 Å². The molecule has 0 aliphatic rings. The van der Waals surface area contributed by atoms with E-state index < -0.39 is 11.7 Å².